The zero-order valence-electron chi connectivity index (χ0n) is 5.82. The zero-order chi connectivity index (χ0) is 9.14. The number of aromatic carboxylic acids is 1. The lowest BCUT2D eigenvalue weighted by Crippen LogP contribution is -1.98. The maximum Gasteiger partial charge on any atom is 0.337 e. The lowest BCUT2D eigenvalue weighted by molar-refractivity contribution is 0.0695. The second-order valence-electron chi connectivity index (χ2n) is 2.05. The van der Waals surface area contributed by atoms with E-state index in [-0.39, 0.29) is 11.3 Å². The van der Waals surface area contributed by atoms with Crippen molar-refractivity contribution in [3.8, 4) is 5.75 Å². The van der Waals surface area contributed by atoms with Crippen molar-refractivity contribution in [2.45, 2.75) is 0 Å². The summed E-state index contributed by atoms with van der Waals surface area (Å²) in [5.74, 6) is -1.30. The van der Waals surface area contributed by atoms with Crippen LogP contribution in [0.2, 0.25) is 0 Å². The second kappa shape index (κ2) is 3.61. The van der Waals surface area contributed by atoms with Crippen molar-refractivity contribution >= 4 is 27.2 Å². The van der Waals surface area contributed by atoms with E-state index in [1.165, 1.54) is 12.1 Å². The number of phenolic OH excluding ortho intramolecular Hbond substituents is 1. The topological polar surface area (TPSA) is 74.6 Å². The Bertz CT molecular complexity index is 334. The molecule has 1 aromatic carbocycles. The van der Waals surface area contributed by atoms with Crippen molar-refractivity contribution in [3.05, 3.63) is 27.3 Å². The third-order valence-corrected chi connectivity index (χ3v) is 2.68. The van der Waals surface area contributed by atoms with Crippen molar-refractivity contribution in [1.82, 2.24) is 0 Å². The van der Waals surface area contributed by atoms with Gasteiger partial charge in [0.1, 0.15) is 5.75 Å². The van der Waals surface area contributed by atoms with Crippen LogP contribution in [-0.2, 0) is 3.07 Å². The second-order valence-corrected chi connectivity index (χ2v) is 3.65. The molecule has 1 aromatic rings. The Labute approximate surface area is 78.5 Å². The van der Waals surface area contributed by atoms with E-state index in [0.717, 1.165) is 6.07 Å². The van der Waals surface area contributed by atoms with Crippen LogP contribution < -0.4 is 0 Å². The Morgan fingerprint density at radius 2 is 2.08 bits per heavy atom. The lowest BCUT2D eigenvalue weighted by atomic mass is 10.2. The van der Waals surface area contributed by atoms with Crippen molar-refractivity contribution in [2.75, 3.05) is 0 Å². The number of carboxylic acid groups (broad SMARTS) is 1. The lowest BCUT2D eigenvalue weighted by Gasteiger charge is -1.97. The van der Waals surface area contributed by atoms with Gasteiger partial charge in [-0.2, -0.15) is 0 Å². The zero-order valence-corrected chi connectivity index (χ0v) is 7.98. The van der Waals surface area contributed by atoms with Gasteiger partial charge in [0.25, 0.3) is 0 Å². The Morgan fingerprint density at radius 3 is 2.58 bits per heavy atom. The molecule has 0 saturated heterocycles. The van der Waals surface area contributed by atoms with E-state index in [9.17, 15) is 7.86 Å². The molecule has 0 bridgehead atoms. The quantitative estimate of drug-likeness (QED) is 0.806. The number of halogens is 1. The molecule has 0 fully saturated rings. The monoisotopic (exact) mass is 280 g/mol. The van der Waals surface area contributed by atoms with Gasteiger partial charge in [-0.05, 0) is 18.2 Å². The smallest absolute Gasteiger partial charge is 0.337 e. The molecule has 2 N–H and O–H groups in total. The van der Waals surface area contributed by atoms with Crippen LogP contribution in [-0.4, -0.2) is 16.2 Å². The van der Waals surface area contributed by atoms with E-state index < -0.39 is 27.2 Å². The van der Waals surface area contributed by atoms with Crippen LogP contribution in [0.25, 0.3) is 0 Å². The fraction of sp³-hybridized carbons (Fsp3) is 0. The molecule has 1 rings (SSSR count). The summed E-state index contributed by atoms with van der Waals surface area (Å²) in [4.78, 5) is 10.5. The van der Waals surface area contributed by atoms with E-state index in [4.69, 9.17) is 10.2 Å². The van der Waals surface area contributed by atoms with E-state index in [1.54, 1.807) is 0 Å². The molecule has 5 heteroatoms. The number of benzene rings is 1. The molecule has 0 saturated carbocycles. The molecule has 64 valence electrons. The summed E-state index contributed by atoms with van der Waals surface area (Å²) in [5, 5.41) is 17.5. The Morgan fingerprint density at radius 1 is 1.42 bits per heavy atom. The molecule has 0 radical (unpaired) electrons. The van der Waals surface area contributed by atoms with Gasteiger partial charge in [0, 0.05) is 0 Å². The third kappa shape index (κ3) is 1.79. The molecule has 0 atom stereocenters. The molecule has 4 nitrogen and oxygen atoms in total. The summed E-state index contributed by atoms with van der Waals surface area (Å²) in [7, 11) is 0. The van der Waals surface area contributed by atoms with Crippen LogP contribution in [0.1, 0.15) is 10.4 Å². The minimum absolute atomic E-state index is 0.0854. The van der Waals surface area contributed by atoms with Crippen LogP contribution in [0.15, 0.2) is 18.2 Å². The predicted molar refractivity (Wildman–Crippen MR) is 48.5 cm³/mol. The SMILES string of the molecule is O=Ic1ccc(O)cc1C(=O)O. The van der Waals surface area contributed by atoms with E-state index in [1.807, 2.05) is 0 Å². The first-order valence-electron chi connectivity index (χ1n) is 2.98. The highest BCUT2D eigenvalue weighted by atomic mass is 127. The number of phenols is 1. The van der Waals surface area contributed by atoms with Crippen molar-refractivity contribution in [1.29, 1.82) is 0 Å². The molecule has 0 aliphatic rings. The molecule has 0 aliphatic heterocycles. The summed E-state index contributed by atoms with van der Waals surface area (Å²) in [5.41, 5.74) is -0.0854. The Hall–Kier alpha value is -0.980. The van der Waals surface area contributed by atoms with Crippen molar-refractivity contribution in [3.63, 3.8) is 0 Å². The van der Waals surface area contributed by atoms with Crippen molar-refractivity contribution in [2.24, 2.45) is 0 Å². The number of rotatable bonds is 2. The minimum Gasteiger partial charge on any atom is -0.508 e. The Balaban J connectivity index is 3.30. The highest BCUT2D eigenvalue weighted by molar-refractivity contribution is 14.1. The normalized spacial score (nSPS) is 9.67. The third-order valence-electron chi connectivity index (χ3n) is 1.26. The van der Waals surface area contributed by atoms with E-state index >= 15 is 0 Å². The van der Waals surface area contributed by atoms with Gasteiger partial charge in [-0.25, -0.2) is 4.79 Å². The number of carbonyl (C=O) groups is 1. The summed E-state index contributed by atoms with van der Waals surface area (Å²) in [6, 6.07) is 3.77. The van der Waals surface area contributed by atoms with Gasteiger partial charge < -0.3 is 10.2 Å². The molecule has 0 spiro atoms. The maximum atomic E-state index is 10.5. The molecule has 0 amide bonds. The standard InChI is InChI=1S/C7H5IO4/c9-4-1-2-6(8-12)5(3-4)7(10)11/h1-3,9H,(H,10,11). The largest absolute Gasteiger partial charge is 0.508 e. The van der Waals surface area contributed by atoms with Crippen molar-refractivity contribution < 1.29 is 18.1 Å². The molecule has 0 unspecified atom stereocenters. The number of aromatic hydroxyl groups is 1. The van der Waals surface area contributed by atoms with E-state index in [2.05, 4.69) is 0 Å². The van der Waals surface area contributed by atoms with Crippen LogP contribution >= 0.6 is 21.2 Å². The van der Waals surface area contributed by atoms with Gasteiger partial charge >= 0.3 is 5.97 Å². The Kier molecular flexibility index (Phi) is 2.74. The van der Waals surface area contributed by atoms with Gasteiger partial charge in [0.2, 0.25) is 0 Å². The first-order chi connectivity index (χ1) is 5.65. The molecule has 0 aliphatic carbocycles. The highest BCUT2D eigenvalue weighted by Gasteiger charge is 2.10. The average molecular weight is 280 g/mol. The number of hydrogen-bond acceptors (Lipinski definition) is 3. The summed E-state index contributed by atoms with van der Waals surface area (Å²) < 4.78 is 10.8. The average Bonchev–Trinajstić information content (AvgIpc) is 2.04. The van der Waals surface area contributed by atoms with Crippen LogP contribution in [0.5, 0.6) is 5.75 Å². The first kappa shape index (κ1) is 9.11. The van der Waals surface area contributed by atoms with E-state index in [0.29, 0.717) is 3.57 Å². The molecule has 0 aromatic heterocycles. The van der Waals surface area contributed by atoms with Crippen LogP contribution in [0.4, 0.5) is 0 Å². The van der Waals surface area contributed by atoms with Gasteiger partial charge in [-0.1, -0.05) is 0 Å². The number of hydrogen-bond donors (Lipinski definition) is 2. The molecular formula is C7H5IO4. The summed E-state index contributed by atoms with van der Waals surface area (Å²) in [6.07, 6.45) is 0. The number of carboxylic acids is 1. The van der Waals surface area contributed by atoms with Gasteiger partial charge in [-0.15, -0.1) is 0 Å². The van der Waals surface area contributed by atoms with Gasteiger partial charge in [0.05, 0.1) is 9.13 Å². The van der Waals surface area contributed by atoms with Crippen LogP contribution in [0.3, 0.4) is 0 Å². The predicted octanol–water partition coefficient (Wildman–Crippen LogP) is 1.58. The summed E-state index contributed by atoms with van der Waals surface area (Å²) in [6.45, 7) is 0. The fourth-order valence-corrected chi connectivity index (χ4v) is 1.69. The van der Waals surface area contributed by atoms with Gasteiger partial charge in [-0.3, -0.25) is 3.07 Å². The molecular weight excluding hydrogens is 275 g/mol. The molecule has 12 heavy (non-hydrogen) atoms. The highest BCUT2D eigenvalue weighted by Crippen LogP contribution is 2.20. The first-order valence-corrected chi connectivity index (χ1v) is 4.94. The van der Waals surface area contributed by atoms with Gasteiger partial charge in [0.15, 0.2) is 21.2 Å². The minimum atomic E-state index is -1.50. The van der Waals surface area contributed by atoms with Crippen LogP contribution in [0, 0.1) is 3.57 Å². The fourth-order valence-electron chi connectivity index (χ4n) is 0.744. The maximum absolute atomic E-state index is 10.5. The summed E-state index contributed by atoms with van der Waals surface area (Å²) >= 11 is -1.50. The molecule has 0 heterocycles.